The fraction of sp³-hybridized carbons (Fsp3) is 0.538. The molecule has 0 saturated carbocycles. The van der Waals surface area contributed by atoms with Gasteiger partial charge in [-0.25, -0.2) is 0 Å². The minimum atomic E-state index is 1.01. The molecule has 0 N–H and O–H groups in total. The topological polar surface area (TPSA) is 0 Å². The van der Waals surface area contributed by atoms with Crippen LogP contribution in [0.15, 0.2) is 18.2 Å². The van der Waals surface area contributed by atoms with Crippen LogP contribution < -0.4 is 0 Å². The zero-order valence-electron chi connectivity index (χ0n) is 8.05. The average molecular weight is 172 g/mol. The minimum Gasteiger partial charge on any atom is -0.0558 e. The molecule has 0 unspecified atom stereocenters. The molecular formula is C13H16. The number of benzene rings is 1. The Balaban J connectivity index is 2.14. The van der Waals surface area contributed by atoms with Crippen molar-refractivity contribution >= 4 is 0 Å². The highest BCUT2D eigenvalue weighted by atomic mass is 14.2. The van der Waals surface area contributed by atoms with Gasteiger partial charge >= 0.3 is 0 Å². The Morgan fingerprint density at radius 2 is 1.08 bits per heavy atom. The van der Waals surface area contributed by atoms with Gasteiger partial charge in [0.1, 0.15) is 0 Å². The molecule has 13 heavy (non-hydrogen) atoms. The van der Waals surface area contributed by atoms with Crippen LogP contribution in [-0.4, -0.2) is 0 Å². The monoisotopic (exact) mass is 172 g/mol. The maximum Gasteiger partial charge on any atom is -0.0276 e. The average Bonchev–Trinajstić information content (AvgIpc) is 2.11. The van der Waals surface area contributed by atoms with Gasteiger partial charge in [0, 0.05) is 0 Å². The molecule has 4 bridgehead atoms. The summed E-state index contributed by atoms with van der Waals surface area (Å²) in [6, 6.07) is 7.26. The Hall–Kier alpha value is -0.780. The zero-order valence-corrected chi connectivity index (χ0v) is 8.05. The van der Waals surface area contributed by atoms with Gasteiger partial charge in [-0.1, -0.05) is 18.2 Å². The third-order valence-corrected chi connectivity index (χ3v) is 3.64. The Labute approximate surface area is 80.0 Å². The molecule has 0 nitrogen and oxygen atoms in total. The summed E-state index contributed by atoms with van der Waals surface area (Å²) in [6.45, 7) is 0. The summed E-state index contributed by atoms with van der Waals surface area (Å²) in [5, 5.41) is 0. The summed E-state index contributed by atoms with van der Waals surface area (Å²) in [6.07, 6.45) is 8.27. The molecule has 4 rings (SSSR count). The first-order chi connectivity index (χ1) is 6.40. The maximum absolute atomic E-state index is 2.42. The van der Waals surface area contributed by atoms with Gasteiger partial charge in [0.05, 0.1) is 0 Å². The first-order valence-electron chi connectivity index (χ1n) is 5.52. The van der Waals surface area contributed by atoms with E-state index in [4.69, 9.17) is 0 Å². The van der Waals surface area contributed by atoms with Crippen LogP contribution in [0.4, 0.5) is 0 Å². The molecule has 0 atom stereocenters. The van der Waals surface area contributed by atoms with Crippen molar-refractivity contribution in [3.05, 3.63) is 34.9 Å². The van der Waals surface area contributed by atoms with Gasteiger partial charge < -0.3 is 0 Å². The summed E-state index contributed by atoms with van der Waals surface area (Å²) in [5.41, 5.74) is 4.78. The first-order valence-corrected chi connectivity index (χ1v) is 5.52. The summed E-state index contributed by atoms with van der Waals surface area (Å²) in [4.78, 5) is 0. The van der Waals surface area contributed by atoms with Crippen molar-refractivity contribution in [1.29, 1.82) is 0 Å². The van der Waals surface area contributed by atoms with Gasteiger partial charge in [-0.05, 0) is 61.1 Å². The second kappa shape index (κ2) is 2.87. The van der Waals surface area contributed by atoms with Gasteiger partial charge in [0.2, 0.25) is 0 Å². The molecule has 0 fully saturated rings. The fourth-order valence-electron chi connectivity index (χ4n) is 2.82. The van der Waals surface area contributed by atoms with E-state index in [1.807, 2.05) is 0 Å². The Bertz CT molecular complexity index is 260. The van der Waals surface area contributed by atoms with Crippen LogP contribution in [0.2, 0.25) is 0 Å². The van der Waals surface area contributed by atoms with Crippen LogP contribution in [0.25, 0.3) is 0 Å². The molecule has 3 aliphatic carbocycles. The zero-order chi connectivity index (χ0) is 8.67. The predicted molar refractivity (Wildman–Crippen MR) is 54.9 cm³/mol. The minimum absolute atomic E-state index is 1.01. The Morgan fingerprint density at radius 1 is 0.692 bits per heavy atom. The maximum atomic E-state index is 2.42. The highest BCUT2D eigenvalue weighted by molar-refractivity contribution is 5.32. The number of hydrogen-bond donors (Lipinski definition) is 0. The Kier molecular flexibility index (Phi) is 1.68. The molecule has 0 spiro atoms. The van der Waals surface area contributed by atoms with E-state index in [2.05, 4.69) is 18.2 Å². The van der Waals surface area contributed by atoms with Crippen LogP contribution in [0.5, 0.6) is 0 Å². The van der Waals surface area contributed by atoms with E-state index >= 15 is 0 Å². The van der Waals surface area contributed by atoms with E-state index in [-0.39, 0.29) is 0 Å². The molecule has 0 aromatic heterocycles. The predicted octanol–water partition coefficient (Wildman–Crippen LogP) is 3.13. The van der Waals surface area contributed by atoms with Crippen LogP contribution in [0, 0.1) is 5.92 Å². The molecule has 0 radical (unpaired) electrons. The van der Waals surface area contributed by atoms with Gasteiger partial charge in [-0.15, -0.1) is 0 Å². The van der Waals surface area contributed by atoms with Crippen molar-refractivity contribution in [2.45, 2.75) is 38.5 Å². The van der Waals surface area contributed by atoms with Gasteiger partial charge in [-0.3, -0.25) is 0 Å². The van der Waals surface area contributed by atoms with Crippen molar-refractivity contribution in [2.24, 2.45) is 5.92 Å². The quantitative estimate of drug-likeness (QED) is 0.564. The fourth-order valence-corrected chi connectivity index (χ4v) is 2.82. The lowest BCUT2D eigenvalue weighted by Crippen LogP contribution is -2.13. The molecule has 1 aromatic rings. The van der Waals surface area contributed by atoms with Crippen molar-refractivity contribution in [1.82, 2.24) is 0 Å². The summed E-state index contributed by atoms with van der Waals surface area (Å²) < 4.78 is 0. The molecule has 0 heterocycles. The highest BCUT2D eigenvalue weighted by Gasteiger charge is 2.17. The number of aryl methyl sites for hydroxylation is 3. The second-order valence-corrected chi connectivity index (χ2v) is 4.64. The number of hydrogen-bond acceptors (Lipinski definition) is 0. The van der Waals surface area contributed by atoms with Gasteiger partial charge in [0.15, 0.2) is 0 Å². The largest absolute Gasteiger partial charge is 0.0558 e. The smallest absolute Gasteiger partial charge is 0.0276 e. The van der Waals surface area contributed by atoms with Crippen molar-refractivity contribution in [2.75, 3.05) is 0 Å². The van der Waals surface area contributed by atoms with Crippen LogP contribution in [-0.2, 0) is 19.3 Å². The van der Waals surface area contributed by atoms with Crippen LogP contribution in [0.3, 0.4) is 0 Å². The summed E-state index contributed by atoms with van der Waals surface area (Å²) >= 11 is 0. The molecule has 0 saturated heterocycles. The summed E-state index contributed by atoms with van der Waals surface area (Å²) in [5.74, 6) is 1.01. The third kappa shape index (κ3) is 1.39. The van der Waals surface area contributed by atoms with E-state index in [0.717, 1.165) is 5.92 Å². The first kappa shape index (κ1) is 7.61. The van der Waals surface area contributed by atoms with Crippen molar-refractivity contribution in [3.63, 3.8) is 0 Å². The second-order valence-electron chi connectivity index (χ2n) is 4.64. The molecule has 3 aliphatic rings. The molecular weight excluding hydrogens is 156 g/mol. The molecule has 68 valence electrons. The van der Waals surface area contributed by atoms with Gasteiger partial charge in [0.25, 0.3) is 0 Å². The van der Waals surface area contributed by atoms with E-state index in [1.165, 1.54) is 38.5 Å². The molecule has 1 aromatic carbocycles. The number of rotatable bonds is 0. The van der Waals surface area contributed by atoms with E-state index < -0.39 is 0 Å². The molecule has 0 amide bonds. The van der Waals surface area contributed by atoms with E-state index in [9.17, 15) is 0 Å². The molecule has 0 aliphatic heterocycles. The molecule has 0 heteroatoms. The lowest BCUT2D eigenvalue weighted by molar-refractivity contribution is 0.408. The summed E-state index contributed by atoms with van der Waals surface area (Å²) in [7, 11) is 0. The van der Waals surface area contributed by atoms with E-state index in [1.54, 1.807) is 16.7 Å². The van der Waals surface area contributed by atoms with Crippen LogP contribution in [0.1, 0.15) is 36.0 Å². The van der Waals surface area contributed by atoms with Crippen molar-refractivity contribution < 1.29 is 0 Å². The standard InChI is InChI=1S/C13H16/c1-4-11-7-12-5-2-10(1)3-6-13(8-11)9-12/h7-10H,1-6H2. The normalized spacial score (nSPS) is 21.2. The van der Waals surface area contributed by atoms with Gasteiger partial charge in [-0.2, -0.15) is 0 Å². The number of fused-ring (bicyclic) bond motifs is 3. The lowest BCUT2D eigenvalue weighted by atomic mass is 9.81. The third-order valence-electron chi connectivity index (χ3n) is 3.64. The Morgan fingerprint density at radius 3 is 1.46 bits per heavy atom. The SMILES string of the molecule is c1c2cc3cc1CCC(CC2)CC3. The lowest BCUT2D eigenvalue weighted by Gasteiger charge is -2.24. The van der Waals surface area contributed by atoms with E-state index in [0.29, 0.717) is 0 Å². The van der Waals surface area contributed by atoms with Crippen LogP contribution >= 0.6 is 0 Å². The highest BCUT2D eigenvalue weighted by Crippen LogP contribution is 2.29. The van der Waals surface area contributed by atoms with Crippen molar-refractivity contribution in [3.8, 4) is 0 Å².